The highest BCUT2D eigenvalue weighted by Crippen LogP contribution is 2.35. The Morgan fingerprint density at radius 2 is 2.21 bits per heavy atom. The Kier molecular flexibility index (Phi) is 6.15. The van der Waals surface area contributed by atoms with E-state index < -0.39 is 30.7 Å². The zero-order valence-corrected chi connectivity index (χ0v) is 19.0. The molecule has 0 spiro atoms. The van der Waals surface area contributed by atoms with Crippen LogP contribution in [0, 0.1) is 12.7 Å². The number of piperidine rings is 1. The summed E-state index contributed by atoms with van der Waals surface area (Å²) in [5, 5.41) is 26.1. The third kappa shape index (κ3) is 4.10. The molecule has 4 aromatic rings. The number of alkyl halides is 1. The van der Waals surface area contributed by atoms with E-state index >= 15 is 0 Å². The first kappa shape index (κ1) is 22.6. The van der Waals surface area contributed by atoms with Crippen LogP contribution in [0.3, 0.4) is 0 Å². The number of aliphatic hydroxyl groups is 1. The molecule has 1 fully saturated rings. The van der Waals surface area contributed by atoms with Gasteiger partial charge in [0.05, 0.1) is 41.5 Å². The standard InChI is InChI=1S/C22H22ClF2N7O2/c1-12-21(29-30-32(12)18-4-5-26-9-16(18)25)13-6-19(22-15(23)8-28-31(22)10-13)34-20(11-33)17-3-2-14(24)7-27-17/h2-3,6-8,10,16,18,20,26,33H,4-5,9,11H2,1H3/t16-,18+,20?/m1/s1. The Hall–Kier alpha value is -3.15. The van der Waals surface area contributed by atoms with Crippen molar-refractivity contribution in [2.45, 2.75) is 31.7 Å². The molecule has 0 amide bonds. The molecule has 34 heavy (non-hydrogen) atoms. The third-order valence-electron chi connectivity index (χ3n) is 5.94. The second-order valence-electron chi connectivity index (χ2n) is 8.11. The minimum absolute atomic E-state index is 0.273. The van der Waals surface area contributed by atoms with Crippen LogP contribution >= 0.6 is 11.6 Å². The molecule has 0 aliphatic carbocycles. The van der Waals surface area contributed by atoms with E-state index in [-0.39, 0.29) is 6.54 Å². The van der Waals surface area contributed by atoms with Gasteiger partial charge >= 0.3 is 0 Å². The molecular formula is C22H22ClF2N7O2. The van der Waals surface area contributed by atoms with Gasteiger partial charge in [0.15, 0.2) is 6.10 Å². The maximum Gasteiger partial charge on any atom is 0.163 e. The summed E-state index contributed by atoms with van der Waals surface area (Å²) < 4.78 is 37.1. The molecule has 5 heterocycles. The number of nitrogens with zero attached hydrogens (tertiary/aromatic N) is 6. The fourth-order valence-corrected chi connectivity index (χ4v) is 4.42. The van der Waals surface area contributed by atoms with Crippen LogP contribution in [0.15, 0.2) is 36.8 Å². The summed E-state index contributed by atoms with van der Waals surface area (Å²) in [6.45, 7) is 2.41. The van der Waals surface area contributed by atoms with Crippen molar-refractivity contribution < 1.29 is 18.6 Å². The zero-order chi connectivity index (χ0) is 23.8. The van der Waals surface area contributed by atoms with Crippen molar-refractivity contribution in [1.29, 1.82) is 0 Å². The summed E-state index contributed by atoms with van der Waals surface area (Å²) >= 11 is 6.35. The number of pyridine rings is 2. The molecule has 0 radical (unpaired) electrons. The average Bonchev–Trinajstić information content (AvgIpc) is 3.41. The van der Waals surface area contributed by atoms with E-state index in [0.29, 0.717) is 51.9 Å². The van der Waals surface area contributed by atoms with Crippen molar-refractivity contribution in [2.24, 2.45) is 0 Å². The molecule has 1 saturated heterocycles. The highest BCUT2D eigenvalue weighted by molar-refractivity contribution is 6.34. The van der Waals surface area contributed by atoms with E-state index in [9.17, 15) is 13.9 Å². The van der Waals surface area contributed by atoms with E-state index in [0.717, 1.165) is 6.20 Å². The van der Waals surface area contributed by atoms with E-state index in [4.69, 9.17) is 16.3 Å². The lowest BCUT2D eigenvalue weighted by Gasteiger charge is -2.27. The Bertz CT molecular complexity index is 1310. The van der Waals surface area contributed by atoms with Crippen LogP contribution in [0.5, 0.6) is 5.75 Å². The van der Waals surface area contributed by atoms with Crippen LogP contribution in [-0.4, -0.2) is 60.6 Å². The molecule has 4 aromatic heterocycles. The lowest BCUT2D eigenvalue weighted by molar-refractivity contribution is 0.114. The summed E-state index contributed by atoms with van der Waals surface area (Å²) in [7, 11) is 0. The molecule has 2 N–H and O–H groups in total. The van der Waals surface area contributed by atoms with Crippen molar-refractivity contribution >= 4 is 17.1 Å². The van der Waals surface area contributed by atoms with Gasteiger partial charge in [-0.15, -0.1) is 5.10 Å². The summed E-state index contributed by atoms with van der Waals surface area (Å²) in [6.07, 6.45) is 2.93. The molecule has 1 aliphatic rings. The number of hydrogen-bond donors (Lipinski definition) is 2. The lowest BCUT2D eigenvalue weighted by Crippen LogP contribution is -2.39. The van der Waals surface area contributed by atoms with Crippen LogP contribution in [0.25, 0.3) is 16.8 Å². The molecule has 1 aliphatic heterocycles. The molecular weight excluding hydrogens is 468 g/mol. The number of halogens is 3. The first-order valence-corrected chi connectivity index (χ1v) is 11.2. The normalized spacial score (nSPS) is 19.4. The fourth-order valence-electron chi connectivity index (χ4n) is 4.19. The lowest BCUT2D eigenvalue weighted by atomic mass is 10.0. The smallest absolute Gasteiger partial charge is 0.163 e. The van der Waals surface area contributed by atoms with Gasteiger partial charge in [0.1, 0.15) is 28.9 Å². The van der Waals surface area contributed by atoms with Gasteiger partial charge in [-0.2, -0.15) is 5.10 Å². The van der Waals surface area contributed by atoms with Gasteiger partial charge in [-0.1, -0.05) is 16.8 Å². The van der Waals surface area contributed by atoms with E-state index in [2.05, 4.69) is 25.7 Å². The monoisotopic (exact) mass is 489 g/mol. The number of rotatable bonds is 6. The number of aliphatic hydroxyl groups excluding tert-OH is 1. The summed E-state index contributed by atoms with van der Waals surface area (Å²) in [5.74, 6) is -0.171. The van der Waals surface area contributed by atoms with Crippen molar-refractivity contribution in [2.75, 3.05) is 19.7 Å². The second-order valence-corrected chi connectivity index (χ2v) is 8.52. The van der Waals surface area contributed by atoms with Crippen molar-refractivity contribution in [3.05, 3.63) is 59.0 Å². The van der Waals surface area contributed by atoms with Crippen LogP contribution in [0.4, 0.5) is 8.78 Å². The van der Waals surface area contributed by atoms with Crippen molar-refractivity contribution in [1.82, 2.24) is 34.9 Å². The Morgan fingerprint density at radius 3 is 2.94 bits per heavy atom. The molecule has 12 heteroatoms. The van der Waals surface area contributed by atoms with Crippen LogP contribution < -0.4 is 10.1 Å². The number of aromatic nitrogens is 6. The first-order valence-electron chi connectivity index (χ1n) is 10.8. The van der Waals surface area contributed by atoms with Gasteiger partial charge in [0, 0.05) is 18.3 Å². The largest absolute Gasteiger partial charge is 0.479 e. The summed E-state index contributed by atoms with van der Waals surface area (Å²) in [6, 6.07) is 4.00. The topological polar surface area (TPSA) is 102 Å². The molecule has 178 valence electrons. The van der Waals surface area contributed by atoms with E-state index in [1.807, 2.05) is 6.92 Å². The number of ether oxygens (including phenoxy) is 1. The van der Waals surface area contributed by atoms with E-state index in [1.165, 1.54) is 18.3 Å². The van der Waals surface area contributed by atoms with Gasteiger partial charge in [0.25, 0.3) is 0 Å². The quantitative estimate of drug-likeness (QED) is 0.429. The van der Waals surface area contributed by atoms with Gasteiger partial charge in [0.2, 0.25) is 0 Å². The molecule has 5 rings (SSSR count). The Labute approximate surface area is 198 Å². The summed E-state index contributed by atoms with van der Waals surface area (Å²) in [4.78, 5) is 4.01. The van der Waals surface area contributed by atoms with Gasteiger partial charge in [-0.3, -0.25) is 4.98 Å². The van der Waals surface area contributed by atoms with Gasteiger partial charge in [-0.25, -0.2) is 18.0 Å². The van der Waals surface area contributed by atoms with Gasteiger partial charge in [-0.05, 0) is 38.1 Å². The zero-order valence-electron chi connectivity index (χ0n) is 18.2. The average molecular weight is 490 g/mol. The fraction of sp³-hybridized carbons (Fsp3) is 0.364. The van der Waals surface area contributed by atoms with Crippen molar-refractivity contribution in [3.8, 4) is 17.0 Å². The minimum atomic E-state index is -1.07. The number of hydrogen-bond acceptors (Lipinski definition) is 7. The number of nitrogens with one attached hydrogen (secondary N) is 1. The van der Waals surface area contributed by atoms with E-state index in [1.54, 1.807) is 21.5 Å². The maximum absolute atomic E-state index is 14.5. The maximum atomic E-state index is 14.5. The van der Waals surface area contributed by atoms with Crippen LogP contribution in [-0.2, 0) is 0 Å². The minimum Gasteiger partial charge on any atom is -0.479 e. The molecule has 0 bridgehead atoms. The molecule has 3 atom stereocenters. The molecule has 1 unspecified atom stereocenters. The third-order valence-corrected chi connectivity index (χ3v) is 6.21. The SMILES string of the molecule is Cc1c(-c2cc(OC(CO)c3ccc(F)cn3)c3c(Cl)cnn3c2)nnn1[C@H]1CCNC[C@H]1F. The Balaban J connectivity index is 1.55. The predicted octanol–water partition coefficient (Wildman–Crippen LogP) is 3.07. The Morgan fingerprint density at radius 1 is 1.35 bits per heavy atom. The molecule has 0 aromatic carbocycles. The van der Waals surface area contributed by atoms with Crippen LogP contribution in [0.2, 0.25) is 5.02 Å². The van der Waals surface area contributed by atoms with Crippen molar-refractivity contribution in [3.63, 3.8) is 0 Å². The number of fused-ring (bicyclic) bond motifs is 1. The second kappa shape index (κ2) is 9.24. The summed E-state index contributed by atoms with van der Waals surface area (Å²) in [5.41, 5.74) is 2.71. The highest BCUT2D eigenvalue weighted by atomic mass is 35.5. The highest BCUT2D eigenvalue weighted by Gasteiger charge is 2.29. The molecule has 9 nitrogen and oxygen atoms in total. The first-order chi connectivity index (χ1) is 16.5. The van der Waals surface area contributed by atoms with Crippen LogP contribution in [0.1, 0.15) is 30.0 Å². The molecule has 0 saturated carbocycles. The predicted molar refractivity (Wildman–Crippen MR) is 120 cm³/mol. The van der Waals surface area contributed by atoms with Gasteiger partial charge < -0.3 is 15.2 Å².